The Morgan fingerprint density at radius 1 is 1.35 bits per heavy atom. The molecular weight excluding hydrogens is 426 g/mol. The first-order valence-electron chi connectivity index (χ1n) is 9.84. The van der Waals surface area contributed by atoms with Crippen molar-refractivity contribution in [1.29, 1.82) is 0 Å². The van der Waals surface area contributed by atoms with Gasteiger partial charge in [-0.1, -0.05) is 23.5 Å². The summed E-state index contributed by atoms with van der Waals surface area (Å²) in [6.45, 7) is -0.107. The van der Waals surface area contributed by atoms with Gasteiger partial charge < -0.3 is 26.6 Å². The summed E-state index contributed by atoms with van der Waals surface area (Å²) in [6, 6.07) is 5.65. The zero-order chi connectivity index (χ0) is 22.1. The number of rotatable bonds is 5. The molecule has 0 amide bonds. The number of halogens is 2. The van der Waals surface area contributed by atoms with E-state index in [2.05, 4.69) is 15.4 Å². The van der Waals surface area contributed by atoms with Crippen LogP contribution in [-0.4, -0.2) is 38.7 Å². The lowest BCUT2D eigenvalue weighted by atomic mass is 10.0. The number of aromatic nitrogens is 3. The zero-order valence-corrected chi connectivity index (χ0v) is 17.6. The van der Waals surface area contributed by atoms with Crippen LogP contribution in [0.3, 0.4) is 0 Å². The molecule has 1 fully saturated rings. The molecule has 166 valence electrons. The van der Waals surface area contributed by atoms with Gasteiger partial charge in [0.2, 0.25) is 0 Å². The minimum atomic E-state index is -1.26. The minimum absolute atomic E-state index is 0.107. The van der Waals surface area contributed by atoms with Gasteiger partial charge in [-0.15, -0.1) is 0 Å². The Kier molecular flexibility index (Phi) is 6.19. The molecule has 31 heavy (non-hydrogen) atoms. The molecule has 1 aliphatic rings. The fraction of sp³-hybridized carbons (Fsp3) is 0.400. The normalized spacial score (nSPS) is 22.8. The monoisotopic (exact) mass is 450 g/mol. The summed E-state index contributed by atoms with van der Waals surface area (Å²) in [7, 11) is 1.74. The molecule has 1 aliphatic heterocycles. The van der Waals surface area contributed by atoms with Crippen LogP contribution in [0.25, 0.3) is 10.6 Å². The highest BCUT2D eigenvalue weighted by Gasteiger charge is 2.30. The third-order valence-corrected chi connectivity index (χ3v) is 6.24. The number of nitrogens with zero attached hydrogens (tertiary/aromatic N) is 3. The molecule has 0 aliphatic carbocycles. The molecule has 0 spiro atoms. The summed E-state index contributed by atoms with van der Waals surface area (Å²) in [4.78, 5) is 4.34. The average molecular weight is 451 g/mol. The Hall–Kier alpha value is -2.60. The van der Waals surface area contributed by atoms with E-state index in [1.807, 2.05) is 0 Å². The number of hydrogen-bond donors (Lipinski definition) is 4. The first-order chi connectivity index (χ1) is 14.8. The molecular formula is C20H24F2N6O2S. The minimum Gasteiger partial charge on any atom is -0.389 e. The molecule has 3 heterocycles. The third kappa shape index (κ3) is 4.40. The molecule has 1 saturated heterocycles. The number of alkyl halides is 1. The molecule has 8 nitrogen and oxygen atoms in total. The van der Waals surface area contributed by atoms with Crippen molar-refractivity contribution in [3.8, 4) is 10.6 Å². The summed E-state index contributed by atoms with van der Waals surface area (Å²) in [5.41, 5.74) is 13.5. The lowest BCUT2D eigenvalue weighted by Crippen LogP contribution is -2.32. The summed E-state index contributed by atoms with van der Waals surface area (Å²) >= 11 is 1.09. The molecule has 11 heteroatoms. The van der Waals surface area contributed by atoms with E-state index in [0.717, 1.165) is 11.3 Å². The number of aliphatic hydroxyl groups excluding tert-OH is 1. The van der Waals surface area contributed by atoms with Gasteiger partial charge in [-0.3, -0.25) is 4.68 Å². The maximum atomic E-state index is 14.1. The Labute approximate surface area is 181 Å². The van der Waals surface area contributed by atoms with E-state index in [1.54, 1.807) is 36.1 Å². The summed E-state index contributed by atoms with van der Waals surface area (Å²) in [6.07, 6.45) is -0.407. The number of aryl methyl sites for hydroxylation is 1. The van der Waals surface area contributed by atoms with Gasteiger partial charge in [0.25, 0.3) is 0 Å². The van der Waals surface area contributed by atoms with Crippen LogP contribution in [0.2, 0.25) is 0 Å². The third-order valence-electron chi connectivity index (χ3n) is 5.31. The van der Waals surface area contributed by atoms with Crippen LogP contribution in [0.15, 0.2) is 30.5 Å². The standard InChI is InChI=1S/C20H24F2N6O2S/c1-28-17(15-7-6-13(23)12(22)9-30-15)14(8-25-28)26-19(29)16-18(24)31-20(27-16)10-4-2-3-5-11(10)21/h2-5,8,12-13,15,19,26,29H,6-7,9,23-24H2,1H3/t12-,13-,15+,19?/m1/s1. The van der Waals surface area contributed by atoms with E-state index in [0.29, 0.717) is 34.8 Å². The Balaban J connectivity index is 1.56. The summed E-state index contributed by atoms with van der Waals surface area (Å²) in [5.74, 6) is -0.422. The van der Waals surface area contributed by atoms with E-state index < -0.39 is 30.4 Å². The van der Waals surface area contributed by atoms with Gasteiger partial charge in [0.15, 0.2) is 6.23 Å². The molecule has 6 N–H and O–H groups in total. The number of hydrogen-bond acceptors (Lipinski definition) is 8. The van der Waals surface area contributed by atoms with E-state index in [9.17, 15) is 13.9 Å². The van der Waals surface area contributed by atoms with E-state index in [-0.39, 0.29) is 17.3 Å². The Morgan fingerprint density at radius 2 is 2.13 bits per heavy atom. The highest BCUT2D eigenvalue weighted by Crippen LogP contribution is 2.37. The lowest BCUT2D eigenvalue weighted by molar-refractivity contribution is 0.0246. The molecule has 4 rings (SSSR count). The highest BCUT2D eigenvalue weighted by molar-refractivity contribution is 7.18. The largest absolute Gasteiger partial charge is 0.389 e. The van der Waals surface area contributed by atoms with Gasteiger partial charge in [-0.05, 0) is 25.0 Å². The fourth-order valence-electron chi connectivity index (χ4n) is 3.60. The number of benzene rings is 1. The van der Waals surface area contributed by atoms with E-state index in [4.69, 9.17) is 16.2 Å². The topological polar surface area (TPSA) is 124 Å². The molecule has 2 aromatic heterocycles. The second kappa shape index (κ2) is 8.87. The maximum absolute atomic E-state index is 14.1. The van der Waals surface area contributed by atoms with Gasteiger partial charge in [0, 0.05) is 18.7 Å². The quantitative estimate of drug-likeness (QED) is 0.441. The van der Waals surface area contributed by atoms with Crippen molar-refractivity contribution in [2.24, 2.45) is 12.8 Å². The van der Waals surface area contributed by atoms with Crippen molar-refractivity contribution in [2.45, 2.75) is 37.4 Å². The number of aliphatic hydroxyl groups is 1. The van der Waals surface area contributed by atoms with Crippen molar-refractivity contribution in [2.75, 3.05) is 17.7 Å². The lowest BCUT2D eigenvalue weighted by Gasteiger charge is -2.19. The number of anilines is 2. The van der Waals surface area contributed by atoms with Crippen molar-refractivity contribution in [3.05, 3.63) is 47.7 Å². The molecule has 1 unspecified atom stereocenters. The number of nitrogens with one attached hydrogen (secondary N) is 1. The predicted molar refractivity (Wildman–Crippen MR) is 115 cm³/mol. The van der Waals surface area contributed by atoms with Gasteiger partial charge in [-0.2, -0.15) is 5.10 Å². The van der Waals surface area contributed by atoms with Gasteiger partial charge in [-0.25, -0.2) is 13.8 Å². The Morgan fingerprint density at radius 3 is 2.90 bits per heavy atom. The number of thiazole rings is 1. The summed E-state index contributed by atoms with van der Waals surface area (Å²) in [5, 5.41) is 18.6. The second-order valence-electron chi connectivity index (χ2n) is 7.44. The van der Waals surface area contributed by atoms with E-state index >= 15 is 0 Å². The first kappa shape index (κ1) is 21.6. The van der Waals surface area contributed by atoms with Gasteiger partial charge in [0.05, 0.1) is 24.2 Å². The Bertz CT molecular complexity index is 1050. The van der Waals surface area contributed by atoms with E-state index in [1.165, 1.54) is 6.07 Å². The smallest absolute Gasteiger partial charge is 0.171 e. The van der Waals surface area contributed by atoms with Crippen molar-refractivity contribution < 1.29 is 18.6 Å². The first-order valence-corrected chi connectivity index (χ1v) is 10.7. The van der Waals surface area contributed by atoms with Gasteiger partial charge >= 0.3 is 0 Å². The fourth-order valence-corrected chi connectivity index (χ4v) is 4.49. The van der Waals surface area contributed by atoms with Crippen molar-refractivity contribution >= 4 is 22.0 Å². The van der Waals surface area contributed by atoms with Crippen LogP contribution in [0.5, 0.6) is 0 Å². The van der Waals surface area contributed by atoms with Crippen molar-refractivity contribution in [1.82, 2.24) is 14.8 Å². The van der Waals surface area contributed by atoms with Crippen LogP contribution in [0, 0.1) is 5.82 Å². The van der Waals surface area contributed by atoms with Crippen LogP contribution in [0.1, 0.15) is 36.6 Å². The molecule has 0 radical (unpaired) electrons. The SMILES string of the molecule is Cn1ncc(NC(O)c2nc(-c3ccccc3F)sc2N)c1[C@@H]1CC[C@@H](N)[C@H](F)CO1. The molecule has 0 bridgehead atoms. The van der Waals surface area contributed by atoms with Crippen LogP contribution >= 0.6 is 11.3 Å². The van der Waals surface area contributed by atoms with Crippen molar-refractivity contribution in [3.63, 3.8) is 0 Å². The average Bonchev–Trinajstić information content (AvgIpc) is 3.25. The molecule has 1 aromatic carbocycles. The number of ether oxygens (including phenoxy) is 1. The van der Waals surface area contributed by atoms with Crippen LogP contribution < -0.4 is 16.8 Å². The van der Waals surface area contributed by atoms with Crippen LogP contribution in [-0.2, 0) is 11.8 Å². The number of nitrogens with two attached hydrogens (primary N) is 2. The second-order valence-corrected chi connectivity index (χ2v) is 8.47. The predicted octanol–water partition coefficient (Wildman–Crippen LogP) is 2.88. The highest BCUT2D eigenvalue weighted by atomic mass is 32.1. The van der Waals surface area contributed by atoms with Crippen LogP contribution in [0.4, 0.5) is 19.5 Å². The maximum Gasteiger partial charge on any atom is 0.171 e. The molecule has 3 aromatic rings. The number of nitrogen functional groups attached to an aromatic ring is 1. The molecule has 0 saturated carbocycles. The molecule has 4 atom stereocenters. The van der Waals surface area contributed by atoms with Gasteiger partial charge in [0.1, 0.15) is 33.8 Å². The summed E-state index contributed by atoms with van der Waals surface area (Å²) < 4.78 is 35.4. The zero-order valence-electron chi connectivity index (χ0n) is 16.8.